The molecule has 0 amide bonds. The standard InChI is InChI=1S/C9H9F2NO3S/c10-6-2-3-7(12(14)15)9(8(6)11)16-5-1-4-13/h2-3,13H,1,4-5H2. The lowest BCUT2D eigenvalue weighted by atomic mass is 10.3. The predicted octanol–water partition coefficient (Wildman–Crippen LogP) is 2.35. The van der Waals surface area contributed by atoms with Gasteiger partial charge in [0.1, 0.15) is 4.90 Å². The molecule has 0 aliphatic carbocycles. The van der Waals surface area contributed by atoms with Gasteiger partial charge in [-0.2, -0.15) is 0 Å². The highest BCUT2D eigenvalue weighted by Crippen LogP contribution is 2.33. The smallest absolute Gasteiger partial charge is 0.286 e. The Morgan fingerprint density at radius 1 is 1.44 bits per heavy atom. The van der Waals surface area contributed by atoms with Crippen LogP contribution in [0.15, 0.2) is 17.0 Å². The van der Waals surface area contributed by atoms with Gasteiger partial charge in [-0.25, -0.2) is 8.78 Å². The van der Waals surface area contributed by atoms with Crippen LogP contribution < -0.4 is 0 Å². The Labute approximate surface area is 94.4 Å². The summed E-state index contributed by atoms with van der Waals surface area (Å²) >= 11 is 0.824. The number of nitro groups is 1. The van der Waals surface area contributed by atoms with Crippen LogP contribution in [-0.4, -0.2) is 22.4 Å². The molecule has 1 aromatic rings. The number of nitro benzene ring substituents is 1. The molecule has 88 valence electrons. The molecular formula is C9H9F2NO3S. The minimum Gasteiger partial charge on any atom is -0.396 e. The number of hydrogen-bond acceptors (Lipinski definition) is 4. The minimum absolute atomic E-state index is 0.0995. The minimum atomic E-state index is -1.21. The summed E-state index contributed by atoms with van der Waals surface area (Å²) in [4.78, 5) is 9.49. The highest BCUT2D eigenvalue weighted by atomic mass is 32.2. The van der Waals surface area contributed by atoms with E-state index in [1.807, 2.05) is 0 Å². The van der Waals surface area contributed by atoms with Gasteiger partial charge in [0.05, 0.1) is 4.92 Å². The zero-order valence-corrected chi connectivity index (χ0v) is 8.97. The summed E-state index contributed by atoms with van der Waals surface area (Å²) in [5.74, 6) is -2.04. The summed E-state index contributed by atoms with van der Waals surface area (Å²) in [7, 11) is 0. The van der Waals surface area contributed by atoms with Gasteiger partial charge in [0.15, 0.2) is 11.6 Å². The lowest BCUT2D eigenvalue weighted by Gasteiger charge is -2.04. The Morgan fingerprint density at radius 3 is 2.69 bits per heavy atom. The van der Waals surface area contributed by atoms with Gasteiger partial charge in [-0.1, -0.05) is 0 Å². The van der Waals surface area contributed by atoms with Gasteiger partial charge in [-0.15, -0.1) is 11.8 Å². The molecule has 0 aromatic heterocycles. The predicted molar refractivity (Wildman–Crippen MR) is 55.4 cm³/mol. The Hall–Kier alpha value is -1.21. The fraction of sp³-hybridized carbons (Fsp3) is 0.333. The fourth-order valence-corrected chi connectivity index (χ4v) is 2.03. The number of hydrogen-bond donors (Lipinski definition) is 1. The lowest BCUT2D eigenvalue weighted by Crippen LogP contribution is -1.97. The first-order chi connectivity index (χ1) is 7.57. The maximum atomic E-state index is 13.3. The normalized spacial score (nSPS) is 10.4. The summed E-state index contributed by atoms with van der Waals surface area (Å²) in [6, 6.07) is 1.66. The molecule has 0 radical (unpaired) electrons. The van der Waals surface area contributed by atoms with Crippen molar-refractivity contribution in [3.8, 4) is 0 Å². The molecule has 16 heavy (non-hydrogen) atoms. The summed E-state index contributed by atoms with van der Waals surface area (Å²) in [6.07, 6.45) is 0.359. The molecule has 0 aliphatic heterocycles. The number of nitrogens with zero attached hydrogens (tertiary/aromatic N) is 1. The summed E-state index contributed by atoms with van der Waals surface area (Å²) in [6.45, 7) is -0.0995. The highest BCUT2D eigenvalue weighted by molar-refractivity contribution is 7.99. The molecule has 0 unspecified atom stereocenters. The second-order valence-corrected chi connectivity index (χ2v) is 4.00. The van der Waals surface area contributed by atoms with E-state index in [-0.39, 0.29) is 17.3 Å². The number of halogens is 2. The van der Waals surface area contributed by atoms with E-state index in [9.17, 15) is 18.9 Å². The second-order valence-electron chi connectivity index (χ2n) is 2.89. The highest BCUT2D eigenvalue weighted by Gasteiger charge is 2.21. The molecule has 0 heterocycles. The Morgan fingerprint density at radius 2 is 2.12 bits per heavy atom. The number of aliphatic hydroxyl groups is 1. The monoisotopic (exact) mass is 249 g/mol. The summed E-state index contributed by atoms with van der Waals surface area (Å²) < 4.78 is 26.2. The average molecular weight is 249 g/mol. The van der Waals surface area contributed by atoms with Crippen molar-refractivity contribution in [3.05, 3.63) is 33.9 Å². The first kappa shape index (κ1) is 12.9. The van der Waals surface area contributed by atoms with E-state index in [2.05, 4.69) is 0 Å². The summed E-state index contributed by atoms with van der Waals surface area (Å²) in [5.41, 5.74) is -0.457. The van der Waals surface area contributed by atoms with Gasteiger partial charge in [0, 0.05) is 18.4 Å². The van der Waals surface area contributed by atoms with Crippen LogP contribution in [0.5, 0.6) is 0 Å². The van der Waals surface area contributed by atoms with Crippen LogP contribution in [-0.2, 0) is 0 Å². The molecule has 0 aliphatic rings. The fourth-order valence-electron chi connectivity index (χ4n) is 1.04. The van der Waals surface area contributed by atoms with Crippen molar-refractivity contribution in [1.82, 2.24) is 0 Å². The van der Waals surface area contributed by atoms with Crippen molar-refractivity contribution in [2.24, 2.45) is 0 Å². The van der Waals surface area contributed by atoms with Crippen LogP contribution in [0, 0.1) is 21.7 Å². The SMILES string of the molecule is O=[N+]([O-])c1ccc(F)c(F)c1SCCCO. The molecule has 0 bridgehead atoms. The van der Waals surface area contributed by atoms with E-state index >= 15 is 0 Å². The average Bonchev–Trinajstić information content (AvgIpc) is 2.24. The van der Waals surface area contributed by atoms with Gasteiger partial charge in [-0.05, 0) is 12.5 Å². The Balaban J connectivity index is 3.01. The first-order valence-electron chi connectivity index (χ1n) is 4.44. The zero-order chi connectivity index (χ0) is 12.1. The van der Waals surface area contributed by atoms with Gasteiger partial charge in [-0.3, -0.25) is 10.1 Å². The van der Waals surface area contributed by atoms with Gasteiger partial charge in [0.2, 0.25) is 0 Å². The molecule has 7 heteroatoms. The van der Waals surface area contributed by atoms with Crippen molar-refractivity contribution < 1.29 is 18.8 Å². The number of aliphatic hydroxyl groups excluding tert-OH is 1. The molecule has 1 rings (SSSR count). The van der Waals surface area contributed by atoms with E-state index in [0.29, 0.717) is 6.42 Å². The number of benzene rings is 1. The quantitative estimate of drug-likeness (QED) is 0.376. The van der Waals surface area contributed by atoms with Crippen LogP contribution in [0.1, 0.15) is 6.42 Å². The van der Waals surface area contributed by atoms with E-state index in [0.717, 1.165) is 23.9 Å². The number of rotatable bonds is 5. The van der Waals surface area contributed by atoms with Crippen molar-refractivity contribution in [1.29, 1.82) is 0 Å². The van der Waals surface area contributed by atoms with Crippen molar-refractivity contribution in [2.75, 3.05) is 12.4 Å². The van der Waals surface area contributed by atoms with Gasteiger partial charge in [0.25, 0.3) is 5.69 Å². The van der Waals surface area contributed by atoms with E-state index in [1.54, 1.807) is 0 Å². The molecular weight excluding hydrogens is 240 g/mol. The molecule has 0 atom stereocenters. The molecule has 1 N–H and O–H groups in total. The van der Waals surface area contributed by atoms with E-state index in [4.69, 9.17) is 5.11 Å². The Kier molecular flexibility index (Phi) is 4.63. The van der Waals surface area contributed by atoms with Crippen LogP contribution in [0.25, 0.3) is 0 Å². The van der Waals surface area contributed by atoms with Crippen LogP contribution >= 0.6 is 11.8 Å². The summed E-state index contributed by atoms with van der Waals surface area (Å²) in [5, 5.41) is 19.1. The van der Waals surface area contributed by atoms with Crippen LogP contribution in [0.4, 0.5) is 14.5 Å². The third kappa shape index (κ3) is 2.89. The first-order valence-corrected chi connectivity index (χ1v) is 5.42. The topological polar surface area (TPSA) is 63.4 Å². The molecule has 4 nitrogen and oxygen atoms in total. The van der Waals surface area contributed by atoms with Gasteiger partial charge < -0.3 is 5.11 Å². The van der Waals surface area contributed by atoms with Crippen molar-refractivity contribution >= 4 is 17.4 Å². The van der Waals surface area contributed by atoms with Crippen molar-refractivity contribution in [2.45, 2.75) is 11.3 Å². The van der Waals surface area contributed by atoms with Crippen LogP contribution in [0.3, 0.4) is 0 Å². The maximum absolute atomic E-state index is 13.3. The molecule has 0 fully saturated rings. The van der Waals surface area contributed by atoms with Crippen molar-refractivity contribution in [3.63, 3.8) is 0 Å². The Bertz CT molecular complexity index is 401. The van der Waals surface area contributed by atoms with Gasteiger partial charge >= 0.3 is 0 Å². The van der Waals surface area contributed by atoms with Crippen LogP contribution in [0.2, 0.25) is 0 Å². The second kappa shape index (κ2) is 5.76. The third-order valence-corrected chi connectivity index (χ3v) is 2.94. The lowest BCUT2D eigenvalue weighted by molar-refractivity contribution is -0.388. The maximum Gasteiger partial charge on any atom is 0.286 e. The molecule has 0 spiro atoms. The molecule has 0 saturated heterocycles. The zero-order valence-electron chi connectivity index (χ0n) is 8.15. The number of thioether (sulfide) groups is 1. The molecule has 1 aromatic carbocycles. The van der Waals surface area contributed by atoms with E-state index < -0.39 is 22.2 Å². The molecule has 0 saturated carbocycles. The largest absolute Gasteiger partial charge is 0.396 e. The van der Waals surface area contributed by atoms with E-state index in [1.165, 1.54) is 0 Å². The third-order valence-electron chi connectivity index (χ3n) is 1.77.